The summed E-state index contributed by atoms with van der Waals surface area (Å²) in [6, 6.07) is 6.32. The van der Waals surface area contributed by atoms with Crippen LogP contribution in [0.1, 0.15) is 37.7 Å². The zero-order valence-corrected chi connectivity index (χ0v) is 26.0. The smallest absolute Gasteiger partial charge is 0.319 e. The molecule has 0 saturated carbocycles. The number of thiophene rings is 1. The zero-order valence-electron chi connectivity index (χ0n) is 24.4. The second kappa shape index (κ2) is 10.6. The maximum absolute atomic E-state index is 16.9. The molecule has 4 aliphatic rings. The maximum Gasteiger partial charge on any atom is 0.319 e. The molecule has 13 heteroatoms. The molecule has 0 amide bonds. The van der Waals surface area contributed by atoms with Crippen LogP contribution in [0.25, 0.3) is 32.1 Å². The lowest BCUT2D eigenvalue weighted by molar-refractivity contribution is 0.107. The molecule has 4 fully saturated rings. The average Bonchev–Trinajstić information content (AvgIpc) is 3.65. The molecule has 8 nitrogen and oxygen atoms in total. The Balaban J connectivity index is 1.26. The van der Waals surface area contributed by atoms with Crippen LogP contribution in [0.3, 0.4) is 0 Å². The number of anilines is 2. The van der Waals surface area contributed by atoms with E-state index in [4.69, 9.17) is 27.1 Å². The maximum atomic E-state index is 16.9. The third kappa shape index (κ3) is 4.53. The lowest BCUT2D eigenvalue weighted by Crippen LogP contribution is -2.62. The minimum atomic E-state index is -0.914. The number of nitriles is 1. The van der Waals surface area contributed by atoms with Crippen molar-refractivity contribution in [2.24, 2.45) is 5.41 Å². The number of ether oxygens (including phenoxy) is 1. The van der Waals surface area contributed by atoms with E-state index < -0.39 is 23.3 Å². The summed E-state index contributed by atoms with van der Waals surface area (Å²) >= 11 is 7.76. The van der Waals surface area contributed by atoms with E-state index in [2.05, 4.69) is 20.1 Å². The summed E-state index contributed by atoms with van der Waals surface area (Å²) in [6.07, 6.45) is 3.43. The number of piperidine rings is 1. The lowest BCUT2D eigenvalue weighted by atomic mass is 9.74. The van der Waals surface area contributed by atoms with Gasteiger partial charge in [0, 0.05) is 54.4 Å². The van der Waals surface area contributed by atoms with Crippen molar-refractivity contribution < 1.29 is 17.9 Å². The molecule has 2 aromatic carbocycles. The van der Waals surface area contributed by atoms with Crippen molar-refractivity contribution in [1.29, 1.82) is 5.26 Å². The van der Waals surface area contributed by atoms with Crippen molar-refractivity contribution in [2.45, 2.75) is 43.8 Å². The molecule has 4 saturated heterocycles. The van der Waals surface area contributed by atoms with E-state index in [0.717, 1.165) is 69.7 Å². The number of hydrogen-bond acceptors (Lipinski definition) is 9. The Labute approximate surface area is 266 Å². The molecule has 3 N–H and O–H groups in total. The second-order valence-corrected chi connectivity index (χ2v) is 14.5. The summed E-state index contributed by atoms with van der Waals surface area (Å²) in [5.74, 6) is -0.764. The van der Waals surface area contributed by atoms with Crippen molar-refractivity contribution in [3.63, 3.8) is 0 Å². The van der Waals surface area contributed by atoms with Crippen LogP contribution in [0.15, 0.2) is 18.2 Å². The van der Waals surface area contributed by atoms with Crippen LogP contribution in [0, 0.1) is 28.4 Å². The van der Waals surface area contributed by atoms with E-state index in [1.54, 1.807) is 6.07 Å². The molecule has 45 heavy (non-hydrogen) atoms. The number of halogens is 4. The van der Waals surface area contributed by atoms with Crippen LogP contribution < -0.4 is 20.7 Å². The fourth-order valence-electron chi connectivity index (χ4n) is 8.08. The third-order valence-corrected chi connectivity index (χ3v) is 11.5. The van der Waals surface area contributed by atoms with Crippen LogP contribution in [-0.4, -0.2) is 72.5 Å². The van der Waals surface area contributed by atoms with E-state index in [-0.39, 0.29) is 60.3 Å². The molecule has 0 aliphatic carbocycles. The normalized spacial score (nSPS) is 24.3. The van der Waals surface area contributed by atoms with Crippen molar-refractivity contribution in [1.82, 2.24) is 20.2 Å². The van der Waals surface area contributed by atoms with Crippen molar-refractivity contribution in [2.75, 3.05) is 56.5 Å². The number of nitrogens with two attached hydrogens (primary N) is 1. The van der Waals surface area contributed by atoms with Crippen LogP contribution >= 0.6 is 22.9 Å². The summed E-state index contributed by atoms with van der Waals surface area (Å²) in [7, 11) is 0. The number of nitrogen functional groups attached to an aromatic ring is 1. The highest BCUT2D eigenvalue weighted by atomic mass is 35.5. The van der Waals surface area contributed by atoms with E-state index in [0.29, 0.717) is 24.2 Å². The number of nitrogens with one attached hydrogen (secondary N) is 1. The first-order valence-electron chi connectivity index (χ1n) is 15.3. The molecule has 0 bridgehead atoms. The monoisotopic (exact) mass is 653 g/mol. The van der Waals surface area contributed by atoms with Crippen LogP contribution in [0.4, 0.5) is 24.0 Å². The SMILES string of the molecule is N#Cc1c(N)sc2c(F)ccc(-c3c(Cl)cc4c(N5CC6(CCCNC6)C5)nc(OC[C@@]56CCCN5C[C@H](F)C6)nc4c3F)c12. The summed E-state index contributed by atoms with van der Waals surface area (Å²) in [4.78, 5) is 13.6. The molecular formula is C32H31ClF3N7OS. The van der Waals surface area contributed by atoms with E-state index in [9.17, 15) is 14.0 Å². The number of nitrogens with zero attached hydrogens (tertiary/aromatic N) is 5. The van der Waals surface area contributed by atoms with Gasteiger partial charge in [-0.15, -0.1) is 11.3 Å². The van der Waals surface area contributed by atoms with Gasteiger partial charge in [-0.1, -0.05) is 17.7 Å². The van der Waals surface area contributed by atoms with Gasteiger partial charge in [0.05, 0.1) is 20.8 Å². The highest BCUT2D eigenvalue weighted by Crippen LogP contribution is 2.47. The molecule has 8 rings (SSSR count). The fraction of sp³-hybridized carbons (Fsp3) is 0.469. The Morgan fingerprint density at radius 1 is 1.22 bits per heavy atom. The molecular weight excluding hydrogens is 623 g/mol. The fourth-order valence-corrected chi connectivity index (χ4v) is 9.33. The Morgan fingerprint density at radius 2 is 2.07 bits per heavy atom. The van der Waals surface area contributed by atoms with E-state index >= 15 is 4.39 Å². The predicted octanol–water partition coefficient (Wildman–Crippen LogP) is 6.04. The molecule has 234 valence electrons. The van der Waals surface area contributed by atoms with Gasteiger partial charge in [-0.05, 0) is 56.5 Å². The van der Waals surface area contributed by atoms with Crippen LogP contribution in [0.5, 0.6) is 6.01 Å². The van der Waals surface area contributed by atoms with Crippen LogP contribution in [0.2, 0.25) is 5.02 Å². The van der Waals surface area contributed by atoms with Crippen molar-refractivity contribution in [3.05, 3.63) is 40.4 Å². The van der Waals surface area contributed by atoms with Gasteiger partial charge in [0.1, 0.15) is 41.0 Å². The van der Waals surface area contributed by atoms with Crippen molar-refractivity contribution in [3.8, 4) is 23.2 Å². The minimum absolute atomic E-state index is 0.00636. The van der Waals surface area contributed by atoms with Gasteiger partial charge in [0.15, 0.2) is 5.82 Å². The molecule has 0 radical (unpaired) electrons. The summed E-state index contributed by atoms with van der Waals surface area (Å²) in [5, 5.41) is 14.2. The summed E-state index contributed by atoms with van der Waals surface area (Å²) < 4.78 is 52.5. The zero-order chi connectivity index (χ0) is 31.1. The Morgan fingerprint density at radius 3 is 2.84 bits per heavy atom. The minimum Gasteiger partial charge on any atom is -0.461 e. The summed E-state index contributed by atoms with van der Waals surface area (Å²) in [6.45, 7) is 4.79. The number of benzene rings is 2. The van der Waals surface area contributed by atoms with Crippen molar-refractivity contribution >= 4 is 54.7 Å². The molecule has 4 aliphatic heterocycles. The standard InChI is InChI=1S/C32H31ClF3N7OS/c33-21-9-19-26(25(36)24(21)18-3-4-22(35)27-23(18)20(11-37)28(38)45-27)40-30(44-16-32-6-2-8-43(32)12-17(34)10-32)41-29(19)42-14-31(15-42)5-1-7-39-13-31/h3-4,9,17,39H,1-2,5-8,10,12-16,38H2/t17-,32+/m1/s1. The van der Waals surface area contributed by atoms with Crippen LogP contribution in [-0.2, 0) is 0 Å². The first-order valence-corrected chi connectivity index (χ1v) is 16.5. The number of rotatable bonds is 5. The number of hydrogen-bond donors (Lipinski definition) is 2. The van der Waals surface area contributed by atoms with Gasteiger partial charge < -0.3 is 20.7 Å². The number of aromatic nitrogens is 2. The first-order chi connectivity index (χ1) is 21.7. The third-order valence-electron chi connectivity index (χ3n) is 10.2. The van der Waals surface area contributed by atoms with Gasteiger partial charge in [0.25, 0.3) is 0 Å². The van der Waals surface area contributed by atoms with Gasteiger partial charge in [0.2, 0.25) is 0 Å². The van der Waals surface area contributed by atoms with E-state index in [1.165, 1.54) is 12.1 Å². The largest absolute Gasteiger partial charge is 0.461 e. The molecule has 2 aromatic heterocycles. The van der Waals surface area contributed by atoms with Gasteiger partial charge in [-0.3, -0.25) is 4.90 Å². The molecule has 2 atom stereocenters. The second-order valence-electron chi connectivity index (χ2n) is 13.0. The lowest BCUT2D eigenvalue weighted by Gasteiger charge is -2.53. The Bertz CT molecular complexity index is 1900. The number of alkyl halides is 1. The molecule has 4 aromatic rings. The van der Waals surface area contributed by atoms with Gasteiger partial charge in [-0.25, -0.2) is 13.2 Å². The topological polar surface area (TPSA) is 103 Å². The molecule has 6 heterocycles. The van der Waals surface area contributed by atoms with Gasteiger partial charge in [-0.2, -0.15) is 15.2 Å². The summed E-state index contributed by atoms with van der Waals surface area (Å²) in [5.41, 5.74) is 6.07. The van der Waals surface area contributed by atoms with Gasteiger partial charge >= 0.3 is 6.01 Å². The predicted molar refractivity (Wildman–Crippen MR) is 170 cm³/mol. The number of fused-ring (bicyclic) bond motifs is 3. The highest BCUT2D eigenvalue weighted by Gasteiger charge is 2.50. The Kier molecular flexibility index (Phi) is 6.84. The highest BCUT2D eigenvalue weighted by molar-refractivity contribution is 7.23. The van der Waals surface area contributed by atoms with E-state index in [1.807, 2.05) is 6.07 Å². The average molecular weight is 654 g/mol. The first kappa shape index (κ1) is 29.1. The Hall–Kier alpha value is -3.37. The molecule has 0 unspecified atom stereocenters. The molecule has 1 spiro atoms. The quantitative estimate of drug-likeness (QED) is 0.269.